The van der Waals surface area contributed by atoms with Crippen LogP contribution < -0.4 is 0 Å². The number of rotatable bonds is 4. The summed E-state index contributed by atoms with van der Waals surface area (Å²) in [7, 11) is 0. The van der Waals surface area contributed by atoms with Crippen molar-refractivity contribution in [1.29, 1.82) is 0 Å². The van der Waals surface area contributed by atoms with Gasteiger partial charge in [0.15, 0.2) is 0 Å². The molecule has 0 aromatic rings. The second-order valence-corrected chi connectivity index (χ2v) is 4.56. The van der Waals surface area contributed by atoms with Crippen molar-refractivity contribution in [3.05, 3.63) is 0 Å². The molecule has 0 spiro atoms. The van der Waals surface area contributed by atoms with Crippen LogP contribution in [0.2, 0.25) is 0 Å². The number of aliphatic hydroxyl groups is 1. The van der Waals surface area contributed by atoms with Crippen LogP contribution in [0, 0.1) is 0 Å². The molecule has 0 aromatic carbocycles. The van der Waals surface area contributed by atoms with Crippen molar-refractivity contribution in [3.63, 3.8) is 0 Å². The molecule has 1 heterocycles. The average Bonchev–Trinajstić information content (AvgIpc) is 2.49. The van der Waals surface area contributed by atoms with Crippen LogP contribution in [0.3, 0.4) is 0 Å². The first-order valence-corrected chi connectivity index (χ1v) is 7.54. The zero-order chi connectivity index (χ0) is 15.0. The lowest BCUT2D eigenvalue weighted by molar-refractivity contribution is -0.0810. The highest BCUT2D eigenvalue weighted by Gasteiger charge is 2.10. The van der Waals surface area contributed by atoms with E-state index in [1.54, 1.807) is 0 Å². The van der Waals surface area contributed by atoms with Gasteiger partial charge in [-0.05, 0) is 6.42 Å². The van der Waals surface area contributed by atoms with Gasteiger partial charge in [-0.2, -0.15) is 0 Å². The van der Waals surface area contributed by atoms with E-state index in [1.807, 2.05) is 0 Å². The smallest absolute Gasteiger partial charge is 0.104 e. The Balaban J connectivity index is 2.21. The molecule has 0 radical (unpaired) electrons. The fraction of sp³-hybridized carbons (Fsp3) is 1.00. The van der Waals surface area contributed by atoms with Gasteiger partial charge >= 0.3 is 0 Å². The topological polar surface area (TPSA) is 75.6 Å². The van der Waals surface area contributed by atoms with Gasteiger partial charge < -0.3 is 33.5 Å². The van der Waals surface area contributed by atoms with Gasteiger partial charge in [0, 0.05) is 13.2 Å². The fourth-order valence-corrected chi connectivity index (χ4v) is 1.67. The molecule has 0 atom stereocenters. The highest BCUT2D eigenvalue weighted by atomic mass is 16.6. The normalized spacial score (nSPS) is 22.1. The van der Waals surface area contributed by atoms with Gasteiger partial charge in [-0.3, -0.25) is 0 Å². The molecular weight excluding hydrogens is 280 g/mol. The van der Waals surface area contributed by atoms with Gasteiger partial charge in [0.05, 0.1) is 66.1 Å². The van der Waals surface area contributed by atoms with E-state index in [9.17, 15) is 0 Å². The zero-order valence-corrected chi connectivity index (χ0v) is 12.7. The van der Waals surface area contributed by atoms with Gasteiger partial charge in [-0.25, -0.2) is 0 Å². The fourth-order valence-electron chi connectivity index (χ4n) is 1.67. The third-order valence-corrected chi connectivity index (χ3v) is 2.75. The third kappa shape index (κ3) is 12.0. The van der Waals surface area contributed by atoms with Crippen molar-refractivity contribution in [1.82, 2.24) is 0 Å². The van der Waals surface area contributed by atoms with Crippen LogP contribution in [-0.2, 0) is 28.4 Å². The largest absolute Gasteiger partial charge is 0.396 e. The van der Waals surface area contributed by atoms with Gasteiger partial charge in [-0.1, -0.05) is 0 Å². The van der Waals surface area contributed by atoms with Gasteiger partial charge in [0.1, 0.15) is 6.10 Å². The Morgan fingerprint density at radius 1 is 0.714 bits per heavy atom. The van der Waals surface area contributed by atoms with Crippen molar-refractivity contribution in [3.8, 4) is 0 Å². The maximum Gasteiger partial charge on any atom is 0.104 e. The summed E-state index contributed by atoms with van der Waals surface area (Å²) in [5.74, 6) is 0. The Labute approximate surface area is 126 Å². The van der Waals surface area contributed by atoms with Gasteiger partial charge in [0.25, 0.3) is 0 Å². The molecule has 1 saturated heterocycles. The SMILES string of the molecule is OCCCOC1COCCOCCOCCOCCOC1. The lowest BCUT2D eigenvalue weighted by atomic mass is 10.4. The Hall–Kier alpha value is -0.280. The molecule has 1 aliphatic rings. The number of aliphatic hydroxyl groups excluding tert-OH is 1. The van der Waals surface area contributed by atoms with Crippen molar-refractivity contribution in [2.24, 2.45) is 0 Å². The van der Waals surface area contributed by atoms with E-state index in [1.165, 1.54) is 0 Å². The predicted molar refractivity (Wildman–Crippen MR) is 75.5 cm³/mol. The first-order valence-electron chi connectivity index (χ1n) is 7.54. The summed E-state index contributed by atoms with van der Waals surface area (Å²) in [6, 6.07) is 0. The summed E-state index contributed by atoms with van der Waals surface area (Å²) < 4.78 is 32.7. The summed E-state index contributed by atoms with van der Waals surface area (Å²) in [4.78, 5) is 0. The number of hydrogen-bond acceptors (Lipinski definition) is 7. The molecule has 0 unspecified atom stereocenters. The van der Waals surface area contributed by atoms with E-state index in [2.05, 4.69) is 0 Å². The zero-order valence-electron chi connectivity index (χ0n) is 12.7. The summed E-state index contributed by atoms with van der Waals surface area (Å²) in [5.41, 5.74) is 0. The second kappa shape index (κ2) is 14.6. The molecule has 1 aliphatic heterocycles. The minimum atomic E-state index is -0.132. The Kier molecular flexibility index (Phi) is 13.1. The maximum atomic E-state index is 8.77. The molecular formula is C14H28O7. The molecule has 1 N–H and O–H groups in total. The molecule has 126 valence electrons. The van der Waals surface area contributed by atoms with Crippen LogP contribution in [0.1, 0.15) is 6.42 Å². The predicted octanol–water partition coefficient (Wildman–Crippen LogP) is -0.149. The molecule has 1 rings (SSSR count). The van der Waals surface area contributed by atoms with Crippen LogP contribution >= 0.6 is 0 Å². The Bertz CT molecular complexity index is 199. The average molecular weight is 308 g/mol. The molecule has 7 heteroatoms. The first-order chi connectivity index (χ1) is 10.4. The van der Waals surface area contributed by atoms with E-state index in [4.69, 9.17) is 33.5 Å². The second-order valence-electron chi connectivity index (χ2n) is 4.56. The van der Waals surface area contributed by atoms with E-state index < -0.39 is 0 Å². The van der Waals surface area contributed by atoms with E-state index in [-0.39, 0.29) is 12.7 Å². The quantitative estimate of drug-likeness (QED) is 0.724. The third-order valence-electron chi connectivity index (χ3n) is 2.75. The number of ether oxygens (including phenoxy) is 6. The van der Waals surface area contributed by atoms with Crippen molar-refractivity contribution in [2.75, 3.05) is 79.3 Å². The molecule has 21 heavy (non-hydrogen) atoms. The monoisotopic (exact) mass is 308 g/mol. The minimum Gasteiger partial charge on any atom is -0.396 e. The number of hydrogen-bond donors (Lipinski definition) is 1. The van der Waals surface area contributed by atoms with Crippen LogP contribution in [0.4, 0.5) is 0 Å². The van der Waals surface area contributed by atoms with Crippen molar-refractivity contribution >= 4 is 0 Å². The lowest BCUT2D eigenvalue weighted by Crippen LogP contribution is -2.28. The molecule has 0 bridgehead atoms. The molecule has 0 saturated carbocycles. The van der Waals surface area contributed by atoms with Crippen LogP contribution in [0.5, 0.6) is 0 Å². The van der Waals surface area contributed by atoms with Crippen LogP contribution in [0.15, 0.2) is 0 Å². The van der Waals surface area contributed by atoms with E-state index >= 15 is 0 Å². The summed E-state index contributed by atoms with van der Waals surface area (Å²) in [5, 5.41) is 8.77. The highest BCUT2D eigenvalue weighted by molar-refractivity contribution is 4.56. The van der Waals surface area contributed by atoms with Crippen LogP contribution in [0.25, 0.3) is 0 Å². The van der Waals surface area contributed by atoms with E-state index in [0.29, 0.717) is 79.1 Å². The summed E-state index contributed by atoms with van der Waals surface area (Å²) in [6.45, 7) is 5.86. The van der Waals surface area contributed by atoms with E-state index in [0.717, 1.165) is 0 Å². The molecule has 1 fully saturated rings. The lowest BCUT2D eigenvalue weighted by Gasteiger charge is -2.18. The van der Waals surface area contributed by atoms with Gasteiger partial charge in [0.2, 0.25) is 0 Å². The maximum absolute atomic E-state index is 8.77. The van der Waals surface area contributed by atoms with Crippen LogP contribution in [-0.4, -0.2) is 90.5 Å². The molecule has 0 aliphatic carbocycles. The minimum absolute atomic E-state index is 0.123. The summed E-state index contributed by atoms with van der Waals surface area (Å²) in [6.07, 6.45) is 0.482. The molecule has 0 aromatic heterocycles. The highest BCUT2D eigenvalue weighted by Crippen LogP contribution is 1.98. The first kappa shape index (κ1) is 18.8. The Morgan fingerprint density at radius 2 is 1.14 bits per heavy atom. The van der Waals surface area contributed by atoms with Crippen molar-refractivity contribution in [2.45, 2.75) is 12.5 Å². The van der Waals surface area contributed by atoms with Crippen molar-refractivity contribution < 1.29 is 33.5 Å². The standard InChI is InChI=1S/C14H28O7/c15-2-1-3-21-14-12-19-10-8-17-6-4-16-5-7-18-9-11-20-13-14/h14-15H,1-13H2. The van der Waals surface area contributed by atoms with Gasteiger partial charge in [-0.15, -0.1) is 0 Å². The summed E-state index contributed by atoms with van der Waals surface area (Å²) >= 11 is 0. The molecule has 7 nitrogen and oxygen atoms in total. The Morgan fingerprint density at radius 3 is 1.57 bits per heavy atom. The molecule has 0 amide bonds.